The first kappa shape index (κ1) is 16.1. The van der Waals surface area contributed by atoms with Gasteiger partial charge in [-0.1, -0.05) is 6.92 Å². The number of ether oxygens (including phenoxy) is 1. The van der Waals surface area contributed by atoms with Crippen molar-refractivity contribution in [3.63, 3.8) is 0 Å². The van der Waals surface area contributed by atoms with E-state index in [-0.39, 0.29) is 18.8 Å². The van der Waals surface area contributed by atoms with Crippen LogP contribution >= 0.6 is 0 Å². The van der Waals surface area contributed by atoms with E-state index in [1.54, 1.807) is 25.7 Å². The van der Waals surface area contributed by atoms with Crippen molar-refractivity contribution in [1.29, 1.82) is 0 Å². The summed E-state index contributed by atoms with van der Waals surface area (Å²) in [5, 5.41) is 20.2. The van der Waals surface area contributed by atoms with Gasteiger partial charge in [-0.2, -0.15) is 0 Å². The van der Waals surface area contributed by atoms with E-state index in [0.717, 1.165) is 0 Å². The Morgan fingerprint density at radius 2 is 1.71 bits per heavy atom. The highest BCUT2D eigenvalue weighted by molar-refractivity contribution is 5.80. The van der Waals surface area contributed by atoms with Crippen LogP contribution in [0, 0.1) is 11.3 Å². The topological polar surface area (TPSA) is 87.1 Å². The van der Waals surface area contributed by atoms with Crippen LogP contribution in [-0.4, -0.2) is 51.5 Å². The maximum atomic E-state index is 12.0. The molecule has 6 heteroatoms. The molecule has 1 heterocycles. The Bertz CT molecular complexity index is 447. The highest BCUT2D eigenvalue weighted by atomic mass is 16.6. The van der Waals surface area contributed by atoms with E-state index in [1.807, 2.05) is 6.92 Å². The molecule has 2 unspecified atom stereocenters. The zero-order valence-electron chi connectivity index (χ0n) is 13.2. The van der Waals surface area contributed by atoms with Gasteiger partial charge in [0.05, 0.1) is 11.0 Å². The Labute approximate surface area is 125 Å². The monoisotopic (exact) mass is 299 g/mol. The van der Waals surface area contributed by atoms with Crippen LogP contribution in [0.1, 0.15) is 47.0 Å². The predicted octanol–water partition coefficient (Wildman–Crippen LogP) is 1.86. The van der Waals surface area contributed by atoms with E-state index in [4.69, 9.17) is 4.74 Å². The molecular formula is C15H25NO5. The summed E-state index contributed by atoms with van der Waals surface area (Å²) in [6, 6.07) is 0. The molecule has 21 heavy (non-hydrogen) atoms. The number of aliphatic carboxylic acids is 1. The summed E-state index contributed by atoms with van der Waals surface area (Å²) in [6.07, 6.45) is 0.662. The molecule has 0 aromatic heterocycles. The Morgan fingerprint density at radius 3 is 2.05 bits per heavy atom. The lowest BCUT2D eigenvalue weighted by Gasteiger charge is -2.42. The summed E-state index contributed by atoms with van der Waals surface area (Å²) >= 11 is 0. The van der Waals surface area contributed by atoms with Crippen LogP contribution < -0.4 is 0 Å². The number of hydrogen-bond donors (Lipinski definition) is 2. The number of nitrogens with zero attached hydrogens (tertiary/aromatic N) is 1. The van der Waals surface area contributed by atoms with Crippen LogP contribution in [0.2, 0.25) is 0 Å². The Kier molecular flexibility index (Phi) is 3.72. The SMILES string of the molecule is CC1CC1(C(=O)O)C1(O)CCN(C(=O)OC(C)(C)C)CC1. The van der Waals surface area contributed by atoms with E-state index in [1.165, 1.54) is 0 Å². The number of hydrogen-bond acceptors (Lipinski definition) is 4. The predicted molar refractivity (Wildman–Crippen MR) is 75.8 cm³/mol. The molecule has 1 amide bonds. The number of amides is 1. The number of carboxylic acids is 1. The zero-order chi connectivity index (χ0) is 16.1. The number of piperidine rings is 1. The van der Waals surface area contributed by atoms with Gasteiger partial charge < -0.3 is 19.8 Å². The molecule has 1 aliphatic carbocycles. The molecule has 0 aromatic carbocycles. The molecule has 2 aliphatic rings. The molecular weight excluding hydrogens is 274 g/mol. The molecule has 6 nitrogen and oxygen atoms in total. The van der Waals surface area contributed by atoms with E-state index in [2.05, 4.69) is 0 Å². The summed E-state index contributed by atoms with van der Waals surface area (Å²) in [6.45, 7) is 7.91. The molecule has 2 atom stereocenters. The molecule has 0 spiro atoms. The van der Waals surface area contributed by atoms with Crippen LogP contribution in [0.15, 0.2) is 0 Å². The Balaban J connectivity index is 2.00. The quantitative estimate of drug-likeness (QED) is 0.812. The number of aliphatic hydroxyl groups is 1. The van der Waals surface area contributed by atoms with Crippen LogP contribution in [0.25, 0.3) is 0 Å². The third-order valence-electron chi connectivity index (χ3n) is 4.76. The first-order valence-corrected chi connectivity index (χ1v) is 7.45. The molecule has 0 aromatic rings. The van der Waals surface area contributed by atoms with Gasteiger partial charge in [0.25, 0.3) is 0 Å². The molecule has 1 aliphatic heterocycles. The van der Waals surface area contributed by atoms with Gasteiger partial charge in [0.15, 0.2) is 0 Å². The van der Waals surface area contributed by atoms with Crippen molar-refractivity contribution in [2.45, 2.75) is 58.2 Å². The minimum absolute atomic E-state index is 0.0203. The van der Waals surface area contributed by atoms with Crippen molar-refractivity contribution in [2.75, 3.05) is 13.1 Å². The zero-order valence-corrected chi connectivity index (χ0v) is 13.2. The molecule has 0 bridgehead atoms. The van der Waals surface area contributed by atoms with Crippen LogP contribution in [0.3, 0.4) is 0 Å². The Morgan fingerprint density at radius 1 is 1.24 bits per heavy atom. The lowest BCUT2D eigenvalue weighted by Crippen LogP contribution is -2.54. The molecule has 0 radical (unpaired) electrons. The second kappa shape index (κ2) is 4.87. The van der Waals surface area contributed by atoms with Crippen molar-refractivity contribution >= 4 is 12.1 Å². The average Bonchev–Trinajstić information content (AvgIpc) is 3.01. The highest BCUT2D eigenvalue weighted by Gasteiger charge is 2.69. The number of rotatable bonds is 2. The number of carboxylic acid groups (broad SMARTS) is 1. The highest BCUT2D eigenvalue weighted by Crippen LogP contribution is 2.62. The molecule has 2 rings (SSSR count). The standard InChI is InChI=1S/C15H25NO5/c1-10-9-15(10,11(17)18)14(20)5-7-16(8-6-14)12(19)21-13(2,3)4/h10,20H,5-9H2,1-4H3,(H,17,18). The van der Waals surface area contributed by atoms with E-state index in [0.29, 0.717) is 19.5 Å². The number of likely N-dealkylation sites (tertiary alicyclic amines) is 1. The maximum Gasteiger partial charge on any atom is 0.410 e. The van der Waals surface area contributed by atoms with Gasteiger partial charge in [0.1, 0.15) is 5.60 Å². The largest absolute Gasteiger partial charge is 0.481 e. The summed E-state index contributed by atoms with van der Waals surface area (Å²) in [4.78, 5) is 25.1. The average molecular weight is 299 g/mol. The van der Waals surface area contributed by atoms with Gasteiger partial charge in [-0.25, -0.2) is 4.79 Å². The minimum Gasteiger partial charge on any atom is -0.481 e. The lowest BCUT2D eigenvalue weighted by atomic mass is 9.75. The van der Waals surface area contributed by atoms with Crippen molar-refractivity contribution in [3.05, 3.63) is 0 Å². The fraction of sp³-hybridized carbons (Fsp3) is 0.867. The maximum absolute atomic E-state index is 12.0. The van der Waals surface area contributed by atoms with Gasteiger partial charge in [-0.05, 0) is 46.0 Å². The first-order chi connectivity index (χ1) is 9.52. The third-order valence-corrected chi connectivity index (χ3v) is 4.76. The van der Waals surface area contributed by atoms with Gasteiger partial charge in [0.2, 0.25) is 0 Å². The summed E-state index contributed by atoms with van der Waals surface area (Å²) in [5.41, 5.74) is -2.82. The van der Waals surface area contributed by atoms with Gasteiger partial charge in [-0.3, -0.25) is 4.79 Å². The number of carbonyl (C=O) groups is 2. The van der Waals surface area contributed by atoms with E-state index < -0.39 is 28.7 Å². The summed E-state index contributed by atoms with van der Waals surface area (Å²) < 4.78 is 5.30. The third kappa shape index (κ3) is 2.73. The molecule has 120 valence electrons. The van der Waals surface area contributed by atoms with Crippen molar-refractivity contribution < 1.29 is 24.5 Å². The van der Waals surface area contributed by atoms with Gasteiger partial charge >= 0.3 is 12.1 Å². The van der Waals surface area contributed by atoms with Crippen molar-refractivity contribution in [1.82, 2.24) is 4.90 Å². The fourth-order valence-corrected chi connectivity index (χ4v) is 3.40. The Hall–Kier alpha value is -1.30. The molecule has 1 saturated carbocycles. The summed E-state index contributed by atoms with van der Waals surface area (Å²) in [7, 11) is 0. The van der Waals surface area contributed by atoms with Gasteiger partial charge in [-0.15, -0.1) is 0 Å². The van der Waals surface area contributed by atoms with Crippen molar-refractivity contribution in [3.8, 4) is 0 Å². The first-order valence-electron chi connectivity index (χ1n) is 7.45. The second-order valence-corrected chi connectivity index (χ2v) is 7.38. The lowest BCUT2D eigenvalue weighted by molar-refractivity contribution is -0.162. The molecule has 1 saturated heterocycles. The van der Waals surface area contributed by atoms with Crippen LogP contribution in [0.4, 0.5) is 4.79 Å². The minimum atomic E-state index is -1.23. The van der Waals surface area contributed by atoms with Crippen molar-refractivity contribution in [2.24, 2.45) is 11.3 Å². The summed E-state index contributed by atoms with van der Waals surface area (Å²) in [5.74, 6) is -0.948. The molecule has 2 N–H and O–H groups in total. The fourth-order valence-electron chi connectivity index (χ4n) is 3.40. The normalized spacial score (nSPS) is 31.7. The van der Waals surface area contributed by atoms with Crippen LogP contribution in [-0.2, 0) is 9.53 Å². The molecule has 2 fully saturated rings. The van der Waals surface area contributed by atoms with E-state index in [9.17, 15) is 19.8 Å². The van der Waals surface area contributed by atoms with E-state index >= 15 is 0 Å². The second-order valence-electron chi connectivity index (χ2n) is 7.38. The number of carbonyl (C=O) groups excluding carboxylic acids is 1. The van der Waals surface area contributed by atoms with Crippen LogP contribution in [0.5, 0.6) is 0 Å². The smallest absolute Gasteiger partial charge is 0.410 e. The van der Waals surface area contributed by atoms with Gasteiger partial charge in [0, 0.05) is 13.1 Å².